The van der Waals surface area contributed by atoms with Gasteiger partial charge in [-0.05, 0) is 48.6 Å². The summed E-state index contributed by atoms with van der Waals surface area (Å²) < 4.78 is 51.9. The van der Waals surface area contributed by atoms with E-state index in [4.69, 9.17) is 0 Å². The first-order valence-electron chi connectivity index (χ1n) is 8.29. The molecule has 3 nitrogen and oxygen atoms in total. The third kappa shape index (κ3) is 4.11. The van der Waals surface area contributed by atoms with Crippen LogP contribution in [-0.2, 0) is 12.7 Å². The number of nitrogens with one attached hydrogen (secondary N) is 1. The highest BCUT2D eigenvalue weighted by Gasteiger charge is 2.31. The number of benzene rings is 2. The van der Waals surface area contributed by atoms with Crippen molar-refractivity contribution < 1.29 is 22.4 Å². The lowest BCUT2D eigenvalue weighted by Crippen LogP contribution is -2.25. The topological polar surface area (TPSA) is 42.0 Å². The number of aromatic nitrogens is 1. The molecule has 0 radical (unpaired) electrons. The highest BCUT2D eigenvalue weighted by Crippen LogP contribution is 2.34. The monoisotopic (exact) mass is 408 g/mol. The molecule has 0 atom stereocenters. The molecule has 0 unspecified atom stereocenters. The summed E-state index contributed by atoms with van der Waals surface area (Å²) in [6.45, 7) is 1.88. The van der Waals surface area contributed by atoms with E-state index < -0.39 is 11.7 Å². The van der Waals surface area contributed by atoms with E-state index in [1.165, 1.54) is 30.0 Å². The zero-order valence-corrected chi connectivity index (χ0v) is 15.8. The molecule has 2 aromatic carbocycles. The predicted octanol–water partition coefficient (Wildman–Crippen LogP) is 5.35. The average Bonchev–Trinajstić information content (AvgIpc) is 2.66. The number of amides is 1. The van der Waals surface area contributed by atoms with Gasteiger partial charge in [0.15, 0.2) is 0 Å². The Morgan fingerprint density at radius 2 is 1.82 bits per heavy atom. The Bertz CT molecular complexity index is 1030. The first-order chi connectivity index (χ1) is 13.2. The molecule has 1 N–H and O–H groups in total. The predicted molar refractivity (Wildman–Crippen MR) is 101 cm³/mol. The first kappa shape index (κ1) is 20.1. The van der Waals surface area contributed by atoms with Gasteiger partial charge in [-0.25, -0.2) is 9.37 Å². The Morgan fingerprint density at radius 1 is 1.14 bits per heavy atom. The molecule has 1 heterocycles. The Hall–Kier alpha value is -2.61. The number of thioether (sulfide) groups is 1. The molecule has 0 fully saturated rings. The van der Waals surface area contributed by atoms with E-state index in [2.05, 4.69) is 10.3 Å². The zero-order chi connectivity index (χ0) is 20.5. The van der Waals surface area contributed by atoms with Crippen LogP contribution in [0.15, 0.2) is 47.5 Å². The standard InChI is InChI=1S/C20H16F4N2OS/c1-11-15-8-5-13(20(22,23)24)9-16(15)26-19(28-2)17(11)18(27)25-10-12-3-6-14(21)7-4-12/h3-9H,10H2,1-2H3,(H,25,27). The summed E-state index contributed by atoms with van der Waals surface area (Å²) in [4.78, 5) is 17.0. The van der Waals surface area contributed by atoms with Gasteiger partial charge >= 0.3 is 6.18 Å². The highest BCUT2D eigenvalue weighted by molar-refractivity contribution is 7.98. The Balaban J connectivity index is 1.96. The molecule has 0 bridgehead atoms. The minimum Gasteiger partial charge on any atom is -0.348 e. The van der Waals surface area contributed by atoms with Crippen LogP contribution in [0.4, 0.5) is 17.6 Å². The summed E-state index contributed by atoms with van der Waals surface area (Å²) in [5.41, 5.74) is 1.00. The molecular formula is C20H16F4N2OS. The van der Waals surface area contributed by atoms with Crippen LogP contribution in [0.1, 0.15) is 27.0 Å². The van der Waals surface area contributed by atoms with E-state index in [9.17, 15) is 22.4 Å². The number of pyridine rings is 1. The normalized spacial score (nSPS) is 11.6. The maximum Gasteiger partial charge on any atom is 0.416 e. The Morgan fingerprint density at radius 3 is 2.43 bits per heavy atom. The quantitative estimate of drug-likeness (QED) is 0.467. The number of carbonyl (C=O) groups is 1. The van der Waals surface area contributed by atoms with Gasteiger partial charge in [0, 0.05) is 11.9 Å². The molecule has 0 saturated carbocycles. The summed E-state index contributed by atoms with van der Waals surface area (Å²) in [6, 6.07) is 9.04. The molecule has 0 aliphatic rings. The number of aryl methyl sites for hydroxylation is 1. The van der Waals surface area contributed by atoms with E-state index in [-0.39, 0.29) is 23.8 Å². The molecular weight excluding hydrogens is 392 g/mol. The van der Waals surface area contributed by atoms with Crippen LogP contribution < -0.4 is 5.32 Å². The van der Waals surface area contributed by atoms with Gasteiger partial charge in [-0.15, -0.1) is 11.8 Å². The fourth-order valence-corrected chi connectivity index (χ4v) is 3.51. The molecule has 3 rings (SSSR count). The largest absolute Gasteiger partial charge is 0.416 e. The second-order valence-corrected chi connectivity index (χ2v) is 6.95. The van der Waals surface area contributed by atoms with Gasteiger partial charge in [-0.2, -0.15) is 13.2 Å². The molecule has 0 aliphatic heterocycles. The van der Waals surface area contributed by atoms with Crippen LogP contribution in [0.3, 0.4) is 0 Å². The van der Waals surface area contributed by atoms with Gasteiger partial charge in [-0.1, -0.05) is 18.2 Å². The van der Waals surface area contributed by atoms with E-state index in [0.29, 0.717) is 21.5 Å². The lowest BCUT2D eigenvalue weighted by Gasteiger charge is -2.15. The van der Waals surface area contributed by atoms with Crippen molar-refractivity contribution in [2.45, 2.75) is 24.7 Å². The fraction of sp³-hybridized carbons (Fsp3) is 0.200. The summed E-state index contributed by atoms with van der Waals surface area (Å²) in [5.74, 6) is -0.756. The Labute approximate surface area is 163 Å². The van der Waals surface area contributed by atoms with Crippen molar-refractivity contribution in [1.29, 1.82) is 0 Å². The minimum absolute atomic E-state index is 0.187. The Kier molecular flexibility index (Phi) is 5.60. The minimum atomic E-state index is -4.46. The average molecular weight is 408 g/mol. The molecule has 0 aliphatic carbocycles. The lowest BCUT2D eigenvalue weighted by molar-refractivity contribution is -0.137. The fourth-order valence-electron chi connectivity index (χ4n) is 2.87. The zero-order valence-electron chi connectivity index (χ0n) is 15.0. The molecule has 0 spiro atoms. The van der Waals surface area contributed by atoms with E-state index in [1.54, 1.807) is 25.3 Å². The number of alkyl halides is 3. The van der Waals surface area contributed by atoms with E-state index in [1.807, 2.05) is 0 Å². The second-order valence-electron chi connectivity index (χ2n) is 6.16. The van der Waals surface area contributed by atoms with Crippen LogP contribution >= 0.6 is 11.8 Å². The third-order valence-corrected chi connectivity index (χ3v) is 5.01. The van der Waals surface area contributed by atoms with Crippen LogP contribution in [-0.4, -0.2) is 17.1 Å². The van der Waals surface area contributed by atoms with Gasteiger partial charge in [0.05, 0.1) is 16.6 Å². The highest BCUT2D eigenvalue weighted by atomic mass is 32.2. The molecule has 8 heteroatoms. The molecule has 0 saturated heterocycles. The molecule has 146 valence electrons. The van der Waals surface area contributed by atoms with Crippen molar-refractivity contribution in [2.24, 2.45) is 0 Å². The summed E-state index contributed by atoms with van der Waals surface area (Å²) in [6.07, 6.45) is -2.76. The lowest BCUT2D eigenvalue weighted by atomic mass is 10.0. The SMILES string of the molecule is CSc1nc2cc(C(F)(F)F)ccc2c(C)c1C(=O)NCc1ccc(F)cc1. The van der Waals surface area contributed by atoms with Crippen LogP contribution in [0, 0.1) is 12.7 Å². The van der Waals surface area contributed by atoms with E-state index >= 15 is 0 Å². The third-order valence-electron chi connectivity index (χ3n) is 4.33. The van der Waals surface area contributed by atoms with Crippen LogP contribution in [0.25, 0.3) is 10.9 Å². The van der Waals surface area contributed by atoms with Gasteiger partial charge in [0.1, 0.15) is 10.8 Å². The van der Waals surface area contributed by atoms with E-state index in [0.717, 1.165) is 17.7 Å². The first-order valence-corrected chi connectivity index (χ1v) is 9.51. The molecule has 3 aromatic rings. The number of rotatable bonds is 4. The van der Waals surface area contributed by atoms with Crippen LogP contribution in [0.2, 0.25) is 0 Å². The number of nitrogens with zero attached hydrogens (tertiary/aromatic N) is 1. The van der Waals surface area contributed by atoms with Gasteiger partial charge in [-0.3, -0.25) is 4.79 Å². The summed E-state index contributed by atoms with van der Waals surface area (Å²) >= 11 is 1.19. The van der Waals surface area contributed by atoms with Crippen molar-refractivity contribution in [1.82, 2.24) is 10.3 Å². The van der Waals surface area contributed by atoms with Crippen molar-refractivity contribution in [3.8, 4) is 0 Å². The molecule has 1 amide bonds. The van der Waals surface area contributed by atoms with Crippen molar-refractivity contribution >= 4 is 28.6 Å². The number of hydrogen-bond acceptors (Lipinski definition) is 3. The van der Waals surface area contributed by atoms with Gasteiger partial charge < -0.3 is 5.32 Å². The maximum atomic E-state index is 13.0. The van der Waals surface area contributed by atoms with Crippen molar-refractivity contribution in [3.63, 3.8) is 0 Å². The number of fused-ring (bicyclic) bond motifs is 1. The smallest absolute Gasteiger partial charge is 0.348 e. The van der Waals surface area contributed by atoms with Gasteiger partial charge in [0.2, 0.25) is 0 Å². The number of halogens is 4. The number of carbonyl (C=O) groups excluding carboxylic acids is 1. The van der Waals surface area contributed by atoms with Crippen molar-refractivity contribution in [2.75, 3.05) is 6.26 Å². The maximum absolute atomic E-state index is 13.0. The molecule has 28 heavy (non-hydrogen) atoms. The van der Waals surface area contributed by atoms with Gasteiger partial charge in [0.25, 0.3) is 5.91 Å². The summed E-state index contributed by atoms with van der Waals surface area (Å²) in [7, 11) is 0. The summed E-state index contributed by atoms with van der Waals surface area (Å²) in [5, 5.41) is 3.59. The number of hydrogen-bond donors (Lipinski definition) is 1. The van der Waals surface area contributed by atoms with Crippen LogP contribution in [0.5, 0.6) is 0 Å². The van der Waals surface area contributed by atoms with Crippen molar-refractivity contribution in [3.05, 3.63) is 70.5 Å². The molecule has 1 aromatic heterocycles. The second kappa shape index (κ2) is 7.79.